The molecule has 0 aliphatic carbocycles. The number of hydrogen-bond acceptors (Lipinski definition) is 6. The minimum absolute atomic E-state index is 0.0202. The molecule has 0 amide bonds. The van der Waals surface area contributed by atoms with Crippen molar-refractivity contribution >= 4 is 11.3 Å². The first kappa shape index (κ1) is 13.0. The van der Waals surface area contributed by atoms with Crippen LogP contribution in [0.2, 0.25) is 0 Å². The molecule has 7 heteroatoms. The number of thiophene rings is 1. The summed E-state index contributed by atoms with van der Waals surface area (Å²) in [6.07, 6.45) is 3.71. The molecule has 0 fully saturated rings. The lowest BCUT2D eigenvalue weighted by atomic mass is 10.3. The van der Waals surface area contributed by atoms with E-state index >= 15 is 0 Å². The number of aromatic nitrogens is 4. The third kappa shape index (κ3) is 2.94. The molecule has 3 aromatic rings. The van der Waals surface area contributed by atoms with E-state index in [-0.39, 0.29) is 6.04 Å². The molecule has 20 heavy (non-hydrogen) atoms. The van der Waals surface area contributed by atoms with Gasteiger partial charge in [-0.3, -0.25) is 4.68 Å². The highest BCUT2D eigenvalue weighted by atomic mass is 32.1. The number of hydrogen-bond donors (Lipinski definition) is 1. The Morgan fingerprint density at radius 1 is 1.40 bits per heavy atom. The van der Waals surface area contributed by atoms with Gasteiger partial charge in [0.2, 0.25) is 5.89 Å². The Kier molecular flexibility index (Phi) is 3.89. The Labute approximate surface area is 120 Å². The van der Waals surface area contributed by atoms with Gasteiger partial charge in [0, 0.05) is 18.9 Å². The summed E-state index contributed by atoms with van der Waals surface area (Å²) in [5.74, 6) is 1.18. The Bertz CT molecular complexity index is 632. The molecular weight excluding hydrogens is 274 g/mol. The molecule has 1 N–H and O–H groups in total. The Hall–Kier alpha value is -1.99. The molecule has 0 aromatic carbocycles. The van der Waals surface area contributed by atoms with Crippen molar-refractivity contribution in [3.8, 4) is 10.8 Å². The van der Waals surface area contributed by atoms with Gasteiger partial charge < -0.3 is 9.73 Å². The topological polar surface area (TPSA) is 68.8 Å². The summed E-state index contributed by atoms with van der Waals surface area (Å²) < 4.78 is 7.56. The molecule has 6 nitrogen and oxygen atoms in total. The van der Waals surface area contributed by atoms with Crippen LogP contribution in [0.1, 0.15) is 18.9 Å². The molecule has 0 radical (unpaired) electrons. The highest BCUT2D eigenvalue weighted by molar-refractivity contribution is 7.13. The Morgan fingerprint density at radius 3 is 3.10 bits per heavy atom. The van der Waals surface area contributed by atoms with E-state index in [1.807, 2.05) is 41.4 Å². The SMILES string of the molecule is CC(NCCn1cccn1)c1nnc(-c2cccs2)o1. The third-order valence-corrected chi connectivity index (χ3v) is 3.75. The van der Waals surface area contributed by atoms with E-state index in [0.717, 1.165) is 18.0 Å². The summed E-state index contributed by atoms with van der Waals surface area (Å²) >= 11 is 1.59. The monoisotopic (exact) mass is 289 g/mol. The van der Waals surface area contributed by atoms with Crippen LogP contribution in [0.4, 0.5) is 0 Å². The van der Waals surface area contributed by atoms with Crippen molar-refractivity contribution in [1.82, 2.24) is 25.3 Å². The van der Waals surface area contributed by atoms with Crippen LogP contribution in [-0.2, 0) is 6.54 Å². The third-order valence-electron chi connectivity index (χ3n) is 2.89. The zero-order valence-corrected chi connectivity index (χ0v) is 11.9. The van der Waals surface area contributed by atoms with Gasteiger partial charge in [-0.1, -0.05) is 6.07 Å². The first-order valence-corrected chi connectivity index (χ1v) is 7.29. The molecule has 3 rings (SSSR count). The molecule has 3 aromatic heterocycles. The Balaban J connectivity index is 1.56. The zero-order chi connectivity index (χ0) is 13.8. The normalized spacial score (nSPS) is 12.7. The predicted molar refractivity (Wildman–Crippen MR) is 76.3 cm³/mol. The van der Waals surface area contributed by atoms with E-state index in [0.29, 0.717) is 11.8 Å². The summed E-state index contributed by atoms with van der Waals surface area (Å²) in [6.45, 7) is 3.61. The van der Waals surface area contributed by atoms with Crippen LogP contribution in [0, 0.1) is 0 Å². The van der Waals surface area contributed by atoms with E-state index in [9.17, 15) is 0 Å². The van der Waals surface area contributed by atoms with Gasteiger partial charge in [0.1, 0.15) is 0 Å². The molecular formula is C13H15N5OS. The van der Waals surface area contributed by atoms with Gasteiger partial charge in [-0.2, -0.15) is 5.10 Å². The van der Waals surface area contributed by atoms with Crippen molar-refractivity contribution in [2.75, 3.05) is 6.54 Å². The van der Waals surface area contributed by atoms with Crippen LogP contribution in [0.25, 0.3) is 10.8 Å². The second kappa shape index (κ2) is 5.98. The largest absolute Gasteiger partial charge is 0.418 e. The lowest BCUT2D eigenvalue weighted by Gasteiger charge is -2.09. The first-order chi connectivity index (χ1) is 9.83. The lowest BCUT2D eigenvalue weighted by Crippen LogP contribution is -2.23. The van der Waals surface area contributed by atoms with Crippen molar-refractivity contribution in [3.05, 3.63) is 41.9 Å². The summed E-state index contributed by atoms with van der Waals surface area (Å²) in [4.78, 5) is 0.993. The fourth-order valence-corrected chi connectivity index (χ4v) is 2.47. The van der Waals surface area contributed by atoms with E-state index in [1.165, 1.54) is 0 Å². The van der Waals surface area contributed by atoms with Gasteiger partial charge in [0.05, 0.1) is 17.5 Å². The summed E-state index contributed by atoms with van der Waals surface area (Å²) in [5.41, 5.74) is 0. The lowest BCUT2D eigenvalue weighted by molar-refractivity contribution is 0.411. The van der Waals surface area contributed by atoms with Crippen LogP contribution in [0.5, 0.6) is 0 Å². The highest BCUT2D eigenvalue weighted by Crippen LogP contribution is 2.24. The average molecular weight is 289 g/mol. The molecule has 0 saturated carbocycles. The summed E-state index contributed by atoms with van der Waals surface area (Å²) in [6, 6.07) is 5.87. The van der Waals surface area contributed by atoms with E-state index in [1.54, 1.807) is 17.5 Å². The van der Waals surface area contributed by atoms with Crippen LogP contribution in [-0.4, -0.2) is 26.5 Å². The Morgan fingerprint density at radius 2 is 2.35 bits per heavy atom. The molecule has 1 unspecified atom stereocenters. The van der Waals surface area contributed by atoms with Gasteiger partial charge in [0.15, 0.2) is 0 Å². The smallest absolute Gasteiger partial charge is 0.257 e. The van der Waals surface area contributed by atoms with Gasteiger partial charge in [-0.15, -0.1) is 21.5 Å². The fourth-order valence-electron chi connectivity index (χ4n) is 1.83. The van der Waals surface area contributed by atoms with Crippen LogP contribution < -0.4 is 5.32 Å². The van der Waals surface area contributed by atoms with Crippen molar-refractivity contribution < 1.29 is 4.42 Å². The van der Waals surface area contributed by atoms with Gasteiger partial charge >= 0.3 is 0 Å². The minimum atomic E-state index is 0.0202. The van der Waals surface area contributed by atoms with Crippen molar-refractivity contribution in [2.24, 2.45) is 0 Å². The van der Waals surface area contributed by atoms with Gasteiger partial charge in [-0.05, 0) is 24.4 Å². The van der Waals surface area contributed by atoms with E-state index in [4.69, 9.17) is 4.42 Å². The average Bonchev–Trinajstić information content (AvgIpc) is 3.20. The minimum Gasteiger partial charge on any atom is -0.418 e. The van der Waals surface area contributed by atoms with Crippen LogP contribution >= 0.6 is 11.3 Å². The van der Waals surface area contributed by atoms with E-state index < -0.39 is 0 Å². The van der Waals surface area contributed by atoms with E-state index in [2.05, 4.69) is 20.6 Å². The summed E-state index contributed by atoms with van der Waals surface area (Å²) in [5, 5.41) is 17.7. The number of rotatable bonds is 6. The number of nitrogens with zero attached hydrogens (tertiary/aromatic N) is 4. The summed E-state index contributed by atoms with van der Waals surface area (Å²) in [7, 11) is 0. The second-order valence-corrected chi connectivity index (χ2v) is 5.32. The maximum absolute atomic E-state index is 5.68. The van der Waals surface area contributed by atoms with Crippen molar-refractivity contribution in [2.45, 2.75) is 19.5 Å². The molecule has 0 saturated heterocycles. The first-order valence-electron chi connectivity index (χ1n) is 6.41. The quantitative estimate of drug-likeness (QED) is 0.754. The molecule has 0 bridgehead atoms. The highest BCUT2D eigenvalue weighted by Gasteiger charge is 2.14. The molecule has 3 heterocycles. The maximum atomic E-state index is 5.68. The molecule has 0 aliphatic heterocycles. The fraction of sp³-hybridized carbons (Fsp3) is 0.308. The molecule has 1 atom stereocenters. The van der Waals surface area contributed by atoms with Crippen molar-refractivity contribution in [1.29, 1.82) is 0 Å². The predicted octanol–water partition coefficient (Wildman–Crippen LogP) is 2.35. The number of nitrogens with one attached hydrogen (secondary N) is 1. The maximum Gasteiger partial charge on any atom is 0.257 e. The molecule has 0 spiro atoms. The molecule has 0 aliphatic rings. The van der Waals surface area contributed by atoms with Gasteiger partial charge in [-0.25, -0.2) is 0 Å². The van der Waals surface area contributed by atoms with Crippen LogP contribution in [0.15, 0.2) is 40.4 Å². The standard InChI is InChI=1S/C13H15N5OS/c1-10(14-6-8-18-7-3-5-15-18)12-16-17-13(19-12)11-4-2-9-20-11/h2-5,7,9-10,14H,6,8H2,1H3. The second-order valence-electron chi connectivity index (χ2n) is 4.37. The zero-order valence-electron chi connectivity index (χ0n) is 11.1. The van der Waals surface area contributed by atoms with Crippen LogP contribution in [0.3, 0.4) is 0 Å². The van der Waals surface area contributed by atoms with Gasteiger partial charge in [0.25, 0.3) is 5.89 Å². The molecule has 104 valence electrons. The van der Waals surface area contributed by atoms with Crippen molar-refractivity contribution in [3.63, 3.8) is 0 Å².